The summed E-state index contributed by atoms with van der Waals surface area (Å²) in [4.78, 5) is 12.3. The number of halogens is 1. The Morgan fingerprint density at radius 1 is 1.12 bits per heavy atom. The Morgan fingerprint density at radius 2 is 1.88 bits per heavy atom. The molecule has 0 saturated heterocycles. The molecule has 3 aromatic rings. The molecule has 1 amide bonds. The lowest BCUT2D eigenvalue weighted by Gasteiger charge is -2.08. The van der Waals surface area contributed by atoms with Gasteiger partial charge in [0.1, 0.15) is 17.2 Å². The maximum Gasteiger partial charge on any atom is 0.269 e. The smallest absolute Gasteiger partial charge is 0.269 e. The van der Waals surface area contributed by atoms with Gasteiger partial charge in [-0.3, -0.25) is 9.89 Å². The third-order valence-electron chi connectivity index (χ3n) is 3.87. The fraction of sp³-hybridized carbons (Fsp3) is 0.158. The van der Waals surface area contributed by atoms with Crippen LogP contribution in [0.5, 0.6) is 11.5 Å². The number of ether oxygens (including phenoxy) is 2. The number of nitrogens with zero attached hydrogens (tertiary/aromatic N) is 1. The molecule has 0 unspecified atom stereocenters. The third-order valence-corrected chi connectivity index (χ3v) is 4.40. The van der Waals surface area contributed by atoms with Gasteiger partial charge < -0.3 is 14.8 Å². The molecule has 0 fully saturated rings. The van der Waals surface area contributed by atoms with Gasteiger partial charge in [0.15, 0.2) is 0 Å². The van der Waals surface area contributed by atoms with Crippen LogP contribution in [0.4, 0.5) is 0 Å². The van der Waals surface area contributed by atoms with E-state index in [0.29, 0.717) is 29.4 Å². The normalized spacial score (nSPS) is 10.4. The first kappa shape index (κ1) is 18.0. The molecule has 6 nitrogen and oxygen atoms in total. The van der Waals surface area contributed by atoms with Crippen molar-refractivity contribution in [2.45, 2.75) is 6.54 Å². The quantitative estimate of drug-likeness (QED) is 0.641. The number of aromatic amines is 1. The summed E-state index contributed by atoms with van der Waals surface area (Å²) in [5.74, 6) is 1.09. The van der Waals surface area contributed by atoms with E-state index >= 15 is 0 Å². The molecular formula is C19H18BrN3O3. The Hall–Kier alpha value is -2.80. The number of hydrogen-bond acceptors (Lipinski definition) is 4. The fourth-order valence-electron chi connectivity index (χ4n) is 2.47. The first-order valence-corrected chi connectivity index (χ1v) is 8.70. The lowest BCUT2D eigenvalue weighted by molar-refractivity contribution is 0.0946. The summed E-state index contributed by atoms with van der Waals surface area (Å²) in [6.45, 7) is 0.437. The number of rotatable bonds is 6. The molecular weight excluding hydrogens is 398 g/mol. The monoisotopic (exact) mass is 415 g/mol. The van der Waals surface area contributed by atoms with E-state index in [-0.39, 0.29) is 5.91 Å². The first-order valence-electron chi connectivity index (χ1n) is 7.91. The minimum Gasteiger partial charge on any atom is -0.497 e. The zero-order chi connectivity index (χ0) is 18.5. The number of methoxy groups -OCH3 is 2. The molecule has 0 bridgehead atoms. The second-order valence-corrected chi connectivity index (χ2v) is 6.46. The van der Waals surface area contributed by atoms with E-state index in [1.165, 1.54) is 0 Å². The minimum absolute atomic E-state index is 0.223. The van der Waals surface area contributed by atoms with E-state index in [9.17, 15) is 4.79 Å². The molecule has 0 saturated carbocycles. The lowest BCUT2D eigenvalue weighted by atomic mass is 10.1. The van der Waals surface area contributed by atoms with E-state index in [1.807, 2.05) is 36.4 Å². The van der Waals surface area contributed by atoms with Gasteiger partial charge in [-0.1, -0.05) is 28.1 Å². The third kappa shape index (κ3) is 4.05. The number of carbonyl (C=O) groups excluding carboxylic acids is 1. The van der Waals surface area contributed by atoms with Crippen molar-refractivity contribution in [3.05, 3.63) is 64.3 Å². The number of carbonyl (C=O) groups is 1. The molecule has 0 radical (unpaired) electrons. The van der Waals surface area contributed by atoms with Crippen molar-refractivity contribution in [2.75, 3.05) is 14.2 Å². The summed E-state index contributed by atoms with van der Waals surface area (Å²) >= 11 is 3.39. The molecule has 1 heterocycles. The van der Waals surface area contributed by atoms with Gasteiger partial charge in [-0.15, -0.1) is 0 Å². The summed E-state index contributed by atoms with van der Waals surface area (Å²) in [5, 5.41) is 9.87. The fourth-order valence-corrected chi connectivity index (χ4v) is 2.73. The summed E-state index contributed by atoms with van der Waals surface area (Å²) in [5.41, 5.74) is 2.79. The average molecular weight is 416 g/mol. The molecule has 26 heavy (non-hydrogen) atoms. The molecule has 3 rings (SSSR count). The molecule has 7 heteroatoms. The highest BCUT2D eigenvalue weighted by molar-refractivity contribution is 9.10. The van der Waals surface area contributed by atoms with E-state index in [4.69, 9.17) is 9.47 Å². The van der Waals surface area contributed by atoms with Crippen molar-refractivity contribution >= 4 is 21.8 Å². The molecule has 0 aliphatic carbocycles. The second kappa shape index (κ2) is 8.05. The largest absolute Gasteiger partial charge is 0.497 e. The number of hydrogen-bond donors (Lipinski definition) is 2. The van der Waals surface area contributed by atoms with Crippen LogP contribution in [0.15, 0.2) is 53.0 Å². The van der Waals surface area contributed by atoms with Crippen molar-refractivity contribution in [3.63, 3.8) is 0 Å². The predicted octanol–water partition coefficient (Wildman–Crippen LogP) is 3.79. The molecule has 0 spiro atoms. The number of benzene rings is 2. The molecule has 1 aromatic heterocycles. The van der Waals surface area contributed by atoms with Crippen LogP contribution in [-0.4, -0.2) is 30.3 Å². The summed E-state index contributed by atoms with van der Waals surface area (Å²) < 4.78 is 11.6. The van der Waals surface area contributed by atoms with Crippen LogP contribution in [0.1, 0.15) is 16.1 Å². The Bertz CT molecular complexity index is 907. The van der Waals surface area contributed by atoms with E-state index in [1.54, 1.807) is 26.4 Å². The standard InChI is InChI=1S/C19H18BrN3O3/c1-25-14-7-8-15(18(9-14)26-2)16-10-17(23-22-16)19(24)21-11-12-3-5-13(20)6-4-12/h3-10H,11H2,1-2H3,(H,21,24)(H,22,23). The predicted molar refractivity (Wildman–Crippen MR) is 102 cm³/mol. The Kier molecular flexibility index (Phi) is 5.58. The topological polar surface area (TPSA) is 76.2 Å². The molecule has 2 N–H and O–H groups in total. The van der Waals surface area contributed by atoms with E-state index in [0.717, 1.165) is 15.6 Å². The first-order chi connectivity index (χ1) is 12.6. The Balaban J connectivity index is 1.73. The van der Waals surface area contributed by atoms with Gasteiger partial charge in [0.2, 0.25) is 0 Å². The molecule has 0 atom stereocenters. The van der Waals surface area contributed by atoms with Crippen molar-refractivity contribution in [1.29, 1.82) is 0 Å². The highest BCUT2D eigenvalue weighted by Crippen LogP contribution is 2.32. The van der Waals surface area contributed by atoms with Gasteiger partial charge in [0, 0.05) is 22.6 Å². The number of nitrogens with one attached hydrogen (secondary N) is 2. The summed E-state index contributed by atoms with van der Waals surface area (Å²) in [6, 6.07) is 14.9. The highest BCUT2D eigenvalue weighted by Gasteiger charge is 2.14. The summed E-state index contributed by atoms with van der Waals surface area (Å²) in [6.07, 6.45) is 0. The average Bonchev–Trinajstić information content (AvgIpc) is 3.16. The molecule has 134 valence electrons. The van der Waals surface area contributed by atoms with Crippen LogP contribution < -0.4 is 14.8 Å². The molecule has 0 aliphatic heterocycles. The van der Waals surface area contributed by atoms with E-state index in [2.05, 4.69) is 31.4 Å². The second-order valence-electron chi connectivity index (χ2n) is 5.54. The van der Waals surface area contributed by atoms with E-state index < -0.39 is 0 Å². The molecule has 2 aromatic carbocycles. The summed E-state index contributed by atoms with van der Waals surface area (Å²) in [7, 11) is 3.17. The lowest BCUT2D eigenvalue weighted by Crippen LogP contribution is -2.23. The van der Waals surface area contributed by atoms with Crippen molar-refractivity contribution in [2.24, 2.45) is 0 Å². The van der Waals surface area contributed by atoms with Crippen molar-refractivity contribution < 1.29 is 14.3 Å². The highest BCUT2D eigenvalue weighted by atomic mass is 79.9. The van der Waals surface area contributed by atoms with Crippen LogP contribution in [0.3, 0.4) is 0 Å². The zero-order valence-corrected chi connectivity index (χ0v) is 16.0. The number of H-pyrrole nitrogens is 1. The number of aromatic nitrogens is 2. The van der Waals surface area contributed by atoms with Crippen LogP contribution in [-0.2, 0) is 6.54 Å². The van der Waals surface area contributed by atoms with Gasteiger partial charge >= 0.3 is 0 Å². The Labute approximate surface area is 159 Å². The number of amides is 1. The van der Waals surface area contributed by atoms with Crippen molar-refractivity contribution in [1.82, 2.24) is 15.5 Å². The SMILES string of the molecule is COc1ccc(-c2cc(C(=O)NCc3ccc(Br)cc3)[nH]n2)c(OC)c1. The van der Waals surface area contributed by atoms with Crippen molar-refractivity contribution in [3.8, 4) is 22.8 Å². The van der Waals surface area contributed by atoms with Crippen LogP contribution in [0.2, 0.25) is 0 Å². The minimum atomic E-state index is -0.223. The van der Waals surface area contributed by atoms with Gasteiger partial charge in [-0.25, -0.2) is 0 Å². The maximum absolute atomic E-state index is 12.3. The Morgan fingerprint density at radius 3 is 2.58 bits per heavy atom. The maximum atomic E-state index is 12.3. The zero-order valence-electron chi connectivity index (χ0n) is 14.4. The van der Waals surface area contributed by atoms with Gasteiger partial charge in [0.25, 0.3) is 5.91 Å². The van der Waals surface area contributed by atoms with Crippen LogP contribution in [0, 0.1) is 0 Å². The van der Waals surface area contributed by atoms with Crippen LogP contribution >= 0.6 is 15.9 Å². The van der Waals surface area contributed by atoms with Gasteiger partial charge in [-0.05, 0) is 35.9 Å². The molecule has 0 aliphatic rings. The van der Waals surface area contributed by atoms with Gasteiger partial charge in [0.05, 0.1) is 19.9 Å². The van der Waals surface area contributed by atoms with Crippen LogP contribution in [0.25, 0.3) is 11.3 Å². The van der Waals surface area contributed by atoms with Gasteiger partial charge in [-0.2, -0.15) is 5.10 Å².